The van der Waals surface area contributed by atoms with Crippen LogP contribution in [0.25, 0.3) is 50.3 Å². The maximum absolute atomic E-state index is 10.3. The normalized spacial score (nSPS) is 16.3. The number of nitrogens with zero attached hydrogens (tertiary/aromatic N) is 4. The van der Waals surface area contributed by atoms with Gasteiger partial charge in [0.15, 0.2) is 5.58 Å². The van der Waals surface area contributed by atoms with E-state index in [0.29, 0.717) is 59.4 Å². The zero-order valence-corrected chi connectivity index (χ0v) is 26.9. The van der Waals surface area contributed by atoms with Crippen molar-refractivity contribution in [1.82, 2.24) is 20.1 Å². The van der Waals surface area contributed by atoms with E-state index >= 15 is 0 Å². The number of benzene rings is 4. The van der Waals surface area contributed by atoms with Gasteiger partial charge in [0.2, 0.25) is 5.89 Å². The van der Waals surface area contributed by atoms with Crippen LogP contribution in [0.2, 0.25) is 0 Å². The molecule has 244 valence electrons. The van der Waals surface area contributed by atoms with E-state index in [1.54, 1.807) is 26.4 Å². The Bertz CT molecular complexity index is 2160. The molecule has 0 unspecified atom stereocenters. The predicted octanol–water partition coefficient (Wildman–Crippen LogP) is 5.43. The molecule has 0 radical (unpaired) electrons. The monoisotopic (exact) mass is 645 g/mol. The number of fused-ring (bicyclic) bond motifs is 2. The molecular formula is C37H35N5O6. The molecule has 3 N–H and O–H groups in total. The number of nitrogens with one attached hydrogen (secondary N) is 1. The van der Waals surface area contributed by atoms with Crippen molar-refractivity contribution in [3.63, 3.8) is 0 Å². The first-order valence-electron chi connectivity index (χ1n) is 15.7. The Morgan fingerprint density at radius 1 is 1.04 bits per heavy atom. The van der Waals surface area contributed by atoms with E-state index in [-0.39, 0.29) is 12.6 Å². The van der Waals surface area contributed by atoms with Gasteiger partial charge in [-0.15, -0.1) is 0 Å². The van der Waals surface area contributed by atoms with Gasteiger partial charge < -0.3 is 34.2 Å². The van der Waals surface area contributed by atoms with Crippen molar-refractivity contribution in [2.75, 3.05) is 27.4 Å². The fourth-order valence-corrected chi connectivity index (χ4v) is 6.49. The van der Waals surface area contributed by atoms with Crippen LogP contribution in [0.1, 0.15) is 28.7 Å². The molecule has 0 saturated carbocycles. The number of nitriles is 1. The second kappa shape index (κ2) is 13.1. The first-order chi connectivity index (χ1) is 23.4. The summed E-state index contributed by atoms with van der Waals surface area (Å²) in [6.07, 6.45) is 2.00. The Hall–Kier alpha value is -5.25. The number of aromatic nitrogens is 3. The summed E-state index contributed by atoms with van der Waals surface area (Å²) >= 11 is 0. The molecule has 1 saturated heterocycles. The standard InChI is InChI=1S/C37H35N5O6/c1-21-25(6-4-7-26(21)37-41-31-13-22(19-43)12-23(16-38)36(31)48-37)27-8-5-9-32-28(27)18-40-42(32)24-14-34(45-2)29(35(15-24)46-3)17-39-30-10-11-47-20-33(30)44/h4-9,12-15,18,30,33,39,43-44H,10-11,17,19-20H2,1-3H3/t30-,33+/m1/s1. The lowest BCUT2D eigenvalue weighted by molar-refractivity contribution is -0.0281. The fraction of sp³-hybridized carbons (Fsp3) is 0.270. The molecule has 4 aromatic carbocycles. The van der Waals surface area contributed by atoms with E-state index in [9.17, 15) is 15.5 Å². The topological polar surface area (TPSA) is 148 Å². The number of oxazole rings is 1. The molecule has 1 aliphatic heterocycles. The molecule has 2 atom stereocenters. The van der Waals surface area contributed by atoms with Crippen LogP contribution in [0.3, 0.4) is 0 Å². The van der Waals surface area contributed by atoms with Crippen LogP contribution in [0.4, 0.5) is 0 Å². The molecule has 0 bridgehead atoms. The Morgan fingerprint density at radius 3 is 2.52 bits per heavy atom. The van der Waals surface area contributed by atoms with Crippen LogP contribution in [-0.4, -0.2) is 64.6 Å². The molecule has 0 amide bonds. The van der Waals surface area contributed by atoms with Crippen LogP contribution >= 0.6 is 0 Å². The van der Waals surface area contributed by atoms with E-state index in [2.05, 4.69) is 23.5 Å². The summed E-state index contributed by atoms with van der Waals surface area (Å²) in [4.78, 5) is 4.69. The number of rotatable bonds is 9. The third kappa shape index (κ3) is 5.55. The minimum atomic E-state index is -0.574. The highest BCUT2D eigenvalue weighted by Crippen LogP contribution is 2.38. The van der Waals surface area contributed by atoms with Crippen molar-refractivity contribution in [2.24, 2.45) is 0 Å². The minimum Gasteiger partial charge on any atom is -0.496 e. The molecule has 0 spiro atoms. The van der Waals surface area contributed by atoms with Gasteiger partial charge in [-0.05, 0) is 59.9 Å². The van der Waals surface area contributed by atoms with Crippen LogP contribution in [0.5, 0.6) is 11.5 Å². The second-order valence-electron chi connectivity index (χ2n) is 11.8. The molecule has 6 aromatic rings. The maximum atomic E-state index is 10.3. The van der Waals surface area contributed by atoms with Crippen LogP contribution in [0, 0.1) is 18.3 Å². The molecular weight excluding hydrogens is 610 g/mol. The first-order valence-corrected chi connectivity index (χ1v) is 15.7. The van der Waals surface area contributed by atoms with Crippen molar-refractivity contribution in [3.05, 3.63) is 89.1 Å². The number of aliphatic hydroxyl groups excluding tert-OH is 2. The van der Waals surface area contributed by atoms with Gasteiger partial charge in [0.1, 0.15) is 23.1 Å². The third-order valence-electron chi connectivity index (χ3n) is 9.03. The highest BCUT2D eigenvalue weighted by molar-refractivity contribution is 5.97. The lowest BCUT2D eigenvalue weighted by Crippen LogP contribution is -2.46. The number of hydrogen-bond acceptors (Lipinski definition) is 10. The Labute approximate surface area is 276 Å². The quantitative estimate of drug-likeness (QED) is 0.186. The summed E-state index contributed by atoms with van der Waals surface area (Å²) in [6, 6.07) is 21.4. The zero-order valence-electron chi connectivity index (χ0n) is 26.9. The van der Waals surface area contributed by atoms with Gasteiger partial charge in [0.25, 0.3) is 0 Å². The molecule has 7 rings (SSSR count). The molecule has 11 nitrogen and oxygen atoms in total. The summed E-state index contributed by atoms with van der Waals surface area (Å²) in [6.45, 7) is 3.20. The van der Waals surface area contributed by atoms with Gasteiger partial charge in [-0.1, -0.05) is 24.3 Å². The van der Waals surface area contributed by atoms with Crippen molar-refractivity contribution in [1.29, 1.82) is 5.26 Å². The highest BCUT2D eigenvalue weighted by Gasteiger charge is 2.25. The average Bonchev–Trinajstić information content (AvgIpc) is 3.75. The maximum Gasteiger partial charge on any atom is 0.227 e. The number of aliphatic hydroxyl groups is 2. The highest BCUT2D eigenvalue weighted by atomic mass is 16.5. The number of ether oxygens (including phenoxy) is 3. The molecule has 2 aromatic heterocycles. The number of hydrogen-bond donors (Lipinski definition) is 3. The molecule has 0 aliphatic carbocycles. The lowest BCUT2D eigenvalue weighted by Gasteiger charge is -2.29. The summed E-state index contributed by atoms with van der Waals surface area (Å²) in [5, 5.41) is 38.8. The second-order valence-corrected chi connectivity index (χ2v) is 11.8. The van der Waals surface area contributed by atoms with E-state index in [1.165, 1.54) is 0 Å². The summed E-state index contributed by atoms with van der Waals surface area (Å²) in [5.41, 5.74) is 8.11. The Morgan fingerprint density at radius 2 is 1.79 bits per heavy atom. The first kappa shape index (κ1) is 31.4. The largest absolute Gasteiger partial charge is 0.496 e. The van der Waals surface area contributed by atoms with E-state index in [1.807, 2.05) is 54.2 Å². The SMILES string of the molecule is COc1cc(-n2ncc3c(-c4cccc(-c5nc6cc(CO)cc(C#N)c6o5)c4C)cccc32)cc(OC)c1CN[C@@H]1CCOC[C@@H]1O. The summed E-state index contributed by atoms with van der Waals surface area (Å²) < 4.78 is 25.0. The summed E-state index contributed by atoms with van der Waals surface area (Å²) in [5.74, 6) is 1.69. The van der Waals surface area contributed by atoms with Crippen molar-refractivity contribution < 1.29 is 28.8 Å². The fourth-order valence-electron chi connectivity index (χ4n) is 6.49. The summed E-state index contributed by atoms with van der Waals surface area (Å²) in [7, 11) is 3.26. The smallest absolute Gasteiger partial charge is 0.227 e. The van der Waals surface area contributed by atoms with Crippen molar-refractivity contribution in [3.8, 4) is 45.8 Å². The Kier molecular flexibility index (Phi) is 8.56. The van der Waals surface area contributed by atoms with Gasteiger partial charge in [0, 0.05) is 42.3 Å². The van der Waals surface area contributed by atoms with Gasteiger partial charge >= 0.3 is 0 Å². The van der Waals surface area contributed by atoms with Gasteiger partial charge in [-0.2, -0.15) is 10.4 Å². The van der Waals surface area contributed by atoms with E-state index in [4.69, 9.17) is 28.7 Å². The van der Waals surface area contributed by atoms with Crippen molar-refractivity contribution in [2.45, 2.75) is 38.6 Å². The number of methoxy groups -OCH3 is 2. The molecule has 11 heteroatoms. The van der Waals surface area contributed by atoms with Crippen LogP contribution in [0.15, 0.2) is 71.3 Å². The van der Waals surface area contributed by atoms with Crippen molar-refractivity contribution >= 4 is 22.0 Å². The predicted molar refractivity (Wildman–Crippen MR) is 180 cm³/mol. The van der Waals surface area contributed by atoms with Crippen LogP contribution < -0.4 is 14.8 Å². The third-order valence-corrected chi connectivity index (χ3v) is 9.03. The molecule has 48 heavy (non-hydrogen) atoms. The van der Waals surface area contributed by atoms with Gasteiger partial charge in [0.05, 0.1) is 62.1 Å². The minimum absolute atomic E-state index is 0.0833. The van der Waals surface area contributed by atoms with Gasteiger partial charge in [-0.3, -0.25) is 0 Å². The average molecular weight is 646 g/mol. The van der Waals surface area contributed by atoms with Crippen LogP contribution in [-0.2, 0) is 17.9 Å². The lowest BCUT2D eigenvalue weighted by atomic mass is 9.94. The van der Waals surface area contributed by atoms with E-state index in [0.717, 1.165) is 50.8 Å². The molecule has 1 aliphatic rings. The zero-order chi connectivity index (χ0) is 33.4. The molecule has 3 heterocycles. The Balaban J connectivity index is 1.26. The molecule has 1 fully saturated rings. The van der Waals surface area contributed by atoms with E-state index < -0.39 is 6.10 Å². The van der Waals surface area contributed by atoms with Gasteiger partial charge in [-0.25, -0.2) is 9.67 Å².